The lowest BCUT2D eigenvalue weighted by atomic mass is 9.94. The van der Waals surface area contributed by atoms with Gasteiger partial charge in [0.1, 0.15) is 18.5 Å². The largest absolute Gasteiger partial charge is 0.491 e. The highest BCUT2D eigenvalue weighted by Crippen LogP contribution is 2.22. The third kappa shape index (κ3) is 6.75. The van der Waals surface area contributed by atoms with Crippen LogP contribution in [0, 0.1) is 0 Å². The molecule has 5 heteroatoms. The first-order valence-electron chi connectivity index (χ1n) is 10.6. The van der Waals surface area contributed by atoms with Crippen molar-refractivity contribution >= 4 is 0 Å². The number of hydrogen-bond acceptors (Lipinski definition) is 5. The van der Waals surface area contributed by atoms with Crippen LogP contribution in [-0.4, -0.2) is 85.4 Å². The maximum absolute atomic E-state index is 10.4. The van der Waals surface area contributed by atoms with Crippen LogP contribution in [0.5, 0.6) is 5.75 Å². The molecule has 1 saturated carbocycles. The fourth-order valence-corrected chi connectivity index (χ4v) is 4.25. The van der Waals surface area contributed by atoms with Gasteiger partial charge in [-0.1, -0.05) is 31.4 Å². The summed E-state index contributed by atoms with van der Waals surface area (Å²) in [5.41, 5.74) is 1.28. The highest BCUT2D eigenvalue weighted by atomic mass is 16.5. The maximum Gasteiger partial charge on any atom is 0.119 e. The van der Waals surface area contributed by atoms with Gasteiger partial charge in [-0.05, 0) is 44.6 Å². The van der Waals surface area contributed by atoms with Crippen LogP contribution in [-0.2, 0) is 6.54 Å². The standard InChI is InChI=1S/C22H37N3O2/c1-23-11-13-25(14-12-23)16-19-7-6-10-22(15-19)27-18-21(26)17-24(2)20-8-4-3-5-9-20/h6-7,10,15,20-21,26H,3-5,8-9,11-14,16-18H2,1-2H3/t21-/m1/s1. The first-order chi connectivity index (χ1) is 13.1. The third-order valence-electron chi connectivity index (χ3n) is 6.04. The van der Waals surface area contributed by atoms with Crippen molar-refractivity contribution in [2.75, 3.05) is 53.4 Å². The summed E-state index contributed by atoms with van der Waals surface area (Å²) in [5.74, 6) is 0.862. The van der Waals surface area contributed by atoms with Crippen LogP contribution in [0.25, 0.3) is 0 Å². The van der Waals surface area contributed by atoms with E-state index in [0.717, 1.165) is 38.5 Å². The van der Waals surface area contributed by atoms with Gasteiger partial charge in [-0.15, -0.1) is 0 Å². The number of nitrogens with zero attached hydrogens (tertiary/aromatic N) is 3. The zero-order chi connectivity index (χ0) is 19.1. The van der Waals surface area contributed by atoms with E-state index >= 15 is 0 Å². The van der Waals surface area contributed by atoms with Gasteiger partial charge in [0.15, 0.2) is 0 Å². The molecule has 27 heavy (non-hydrogen) atoms. The third-order valence-corrected chi connectivity index (χ3v) is 6.04. The molecule has 1 atom stereocenters. The van der Waals surface area contributed by atoms with Crippen LogP contribution in [0.3, 0.4) is 0 Å². The average Bonchev–Trinajstić information content (AvgIpc) is 2.69. The Labute approximate surface area is 164 Å². The van der Waals surface area contributed by atoms with E-state index in [4.69, 9.17) is 4.74 Å². The molecule has 2 fully saturated rings. The zero-order valence-corrected chi connectivity index (χ0v) is 17.1. The van der Waals surface area contributed by atoms with Crippen molar-refractivity contribution in [3.63, 3.8) is 0 Å². The minimum Gasteiger partial charge on any atom is -0.491 e. The van der Waals surface area contributed by atoms with Crippen LogP contribution in [0.1, 0.15) is 37.7 Å². The van der Waals surface area contributed by atoms with Crippen molar-refractivity contribution < 1.29 is 9.84 Å². The number of hydrogen-bond donors (Lipinski definition) is 1. The fourth-order valence-electron chi connectivity index (χ4n) is 4.25. The molecule has 1 aromatic rings. The summed E-state index contributed by atoms with van der Waals surface area (Å²) in [7, 11) is 4.32. The lowest BCUT2D eigenvalue weighted by molar-refractivity contribution is 0.0561. The quantitative estimate of drug-likeness (QED) is 0.756. The van der Waals surface area contributed by atoms with Crippen LogP contribution < -0.4 is 4.74 Å². The van der Waals surface area contributed by atoms with Gasteiger partial charge in [-0.3, -0.25) is 4.90 Å². The van der Waals surface area contributed by atoms with Crippen LogP contribution in [0.2, 0.25) is 0 Å². The minimum atomic E-state index is -0.446. The molecule has 0 aromatic heterocycles. The Kier molecular flexibility index (Phi) is 7.94. The monoisotopic (exact) mass is 375 g/mol. The van der Waals surface area contributed by atoms with E-state index in [9.17, 15) is 5.11 Å². The Hall–Kier alpha value is -1.14. The van der Waals surface area contributed by atoms with E-state index in [1.807, 2.05) is 6.07 Å². The summed E-state index contributed by atoms with van der Waals surface area (Å²) in [6.07, 6.45) is 6.08. The van der Waals surface area contributed by atoms with E-state index in [1.54, 1.807) is 0 Å². The number of aliphatic hydroxyl groups excluding tert-OH is 1. The lowest BCUT2D eigenvalue weighted by Crippen LogP contribution is -2.43. The van der Waals surface area contributed by atoms with Gasteiger partial charge in [0.25, 0.3) is 0 Å². The number of rotatable bonds is 8. The maximum atomic E-state index is 10.4. The van der Waals surface area contributed by atoms with E-state index < -0.39 is 6.10 Å². The molecule has 0 spiro atoms. The first-order valence-corrected chi connectivity index (χ1v) is 10.6. The molecule has 0 radical (unpaired) electrons. The van der Waals surface area contributed by atoms with Gasteiger partial charge in [0, 0.05) is 45.3 Å². The van der Waals surface area contributed by atoms with Crippen molar-refractivity contribution in [2.24, 2.45) is 0 Å². The van der Waals surface area contributed by atoms with E-state index in [0.29, 0.717) is 19.2 Å². The predicted molar refractivity (Wildman–Crippen MR) is 110 cm³/mol. The predicted octanol–water partition coefficient (Wildman–Crippen LogP) is 2.44. The molecule has 1 aliphatic carbocycles. The van der Waals surface area contributed by atoms with Crippen LogP contribution in [0.4, 0.5) is 0 Å². The molecule has 2 aliphatic rings. The first kappa shape index (κ1) is 20.6. The molecule has 1 aliphatic heterocycles. The molecule has 3 rings (SSSR count). The number of likely N-dealkylation sites (N-methyl/N-ethyl adjacent to an activating group) is 2. The van der Waals surface area contributed by atoms with Gasteiger partial charge in [-0.25, -0.2) is 0 Å². The normalized spacial score (nSPS) is 21.5. The summed E-state index contributed by atoms with van der Waals surface area (Å²) in [4.78, 5) is 7.19. The molecule has 5 nitrogen and oxygen atoms in total. The highest BCUT2D eigenvalue weighted by molar-refractivity contribution is 5.28. The number of piperazine rings is 1. The summed E-state index contributed by atoms with van der Waals surface area (Å²) >= 11 is 0. The lowest BCUT2D eigenvalue weighted by Gasteiger charge is -2.32. The van der Waals surface area contributed by atoms with Crippen LogP contribution in [0.15, 0.2) is 24.3 Å². The minimum absolute atomic E-state index is 0.356. The summed E-state index contributed by atoms with van der Waals surface area (Å²) < 4.78 is 5.90. The number of aliphatic hydroxyl groups is 1. The molecular weight excluding hydrogens is 338 g/mol. The smallest absolute Gasteiger partial charge is 0.119 e. The summed E-state index contributed by atoms with van der Waals surface area (Å²) in [6, 6.07) is 8.96. The zero-order valence-electron chi connectivity index (χ0n) is 17.1. The van der Waals surface area contributed by atoms with E-state index in [1.165, 1.54) is 37.7 Å². The van der Waals surface area contributed by atoms with Crippen molar-refractivity contribution in [1.29, 1.82) is 0 Å². The molecular formula is C22H37N3O2. The molecule has 1 aromatic carbocycles. The molecule has 0 unspecified atom stereocenters. The van der Waals surface area contributed by atoms with Crippen molar-refractivity contribution in [2.45, 2.75) is 50.8 Å². The van der Waals surface area contributed by atoms with Gasteiger partial charge in [-0.2, -0.15) is 0 Å². The molecule has 152 valence electrons. The Morgan fingerprint density at radius 3 is 2.63 bits per heavy atom. The molecule has 0 amide bonds. The Balaban J connectivity index is 1.42. The second-order valence-corrected chi connectivity index (χ2v) is 8.42. The number of ether oxygens (including phenoxy) is 1. The second-order valence-electron chi connectivity index (χ2n) is 8.42. The molecule has 1 N–H and O–H groups in total. The Morgan fingerprint density at radius 2 is 1.89 bits per heavy atom. The highest BCUT2D eigenvalue weighted by Gasteiger charge is 2.20. The van der Waals surface area contributed by atoms with Crippen LogP contribution >= 0.6 is 0 Å². The van der Waals surface area contributed by atoms with Gasteiger partial charge < -0.3 is 19.6 Å². The molecule has 1 saturated heterocycles. The molecule has 0 bridgehead atoms. The van der Waals surface area contributed by atoms with E-state index in [-0.39, 0.29) is 0 Å². The van der Waals surface area contributed by atoms with Crippen molar-refractivity contribution in [3.8, 4) is 5.75 Å². The van der Waals surface area contributed by atoms with Crippen molar-refractivity contribution in [3.05, 3.63) is 29.8 Å². The topological polar surface area (TPSA) is 39.2 Å². The number of benzene rings is 1. The average molecular weight is 376 g/mol. The molecule has 1 heterocycles. The summed E-state index contributed by atoms with van der Waals surface area (Å²) in [6.45, 7) is 6.52. The van der Waals surface area contributed by atoms with Gasteiger partial charge >= 0.3 is 0 Å². The second kappa shape index (κ2) is 10.4. The fraction of sp³-hybridized carbons (Fsp3) is 0.727. The van der Waals surface area contributed by atoms with Gasteiger partial charge in [0.05, 0.1) is 0 Å². The SMILES string of the molecule is CN1CCN(Cc2cccc(OC[C@H](O)CN(C)C3CCCCC3)c2)CC1. The Bertz CT molecular complexity index is 554. The van der Waals surface area contributed by atoms with Gasteiger partial charge in [0.2, 0.25) is 0 Å². The Morgan fingerprint density at radius 1 is 1.15 bits per heavy atom. The van der Waals surface area contributed by atoms with E-state index in [2.05, 4.69) is 47.0 Å². The van der Waals surface area contributed by atoms with Crippen molar-refractivity contribution in [1.82, 2.24) is 14.7 Å². The summed E-state index contributed by atoms with van der Waals surface area (Å²) in [5, 5.41) is 10.4.